The molecule has 0 spiro atoms. The zero-order valence-corrected chi connectivity index (χ0v) is 18.1. The molecule has 1 saturated heterocycles. The maximum atomic E-state index is 11.4. The molecular formula is C25H31N3O2. The summed E-state index contributed by atoms with van der Waals surface area (Å²) in [6.07, 6.45) is 3.37. The topological polar surface area (TPSA) is 46.5 Å². The first-order chi connectivity index (χ1) is 14.5. The third-order valence-corrected chi connectivity index (χ3v) is 6.15. The summed E-state index contributed by atoms with van der Waals surface area (Å²) in [6, 6.07) is 17.4. The van der Waals surface area contributed by atoms with Gasteiger partial charge in [0.2, 0.25) is 5.91 Å². The summed E-state index contributed by atoms with van der Waals surface area (Å²) in [6.45, 7) is 7.07. The highest BCUT2D eigenvalue weighted by molar-refractivity contribution is 5.92. The van der Waals surface area contributed by atoms with Crippen molar-refractivity contribution in [1.82, 2.24) is 9.47 Å². The Hall–Kier alpha value is -2.79. The van der Waals surface area contributed by atoms with Gasteiger partial charge in [-0.25, -0.2) is 0 Å². The van der Waals surface area contributed by atoms with E-state index in [1.165, 1.54) is 22.2 Å². The summed E-state index contributed by atoms with van der Waals surface area (Å²) >= 11 is 0. The second-order valence-electron chi connectivity index (χ2n) is 8.28. The summed E-state index contributed by atoms with van der Waals surface area (Å²) in [5.41, 5.74) is 4.74. The minimum Gasteiger partial charge on any atom is -0.497 e. The van der Waals surface area contributed by atoms with Crippen molar-refractivity contribution in [3.63, 3.8) is 0 Å². The van der Waals surface area contributed by atoms with E-state index in [1.54, 1.807) is 14.0 Å². The quantitative estimate of drug-likeness (QED) is 0.641. The molecule has 0 atom stereocenters. The van der Waals surface area contributed by atoms with Crippen molar-refractivity contribution in [2.75, 3.05) is 32.1 Å². The van der Waals surface area contributed by atoms with Gasteiger partial charge in [0.1, 0.15) is 5.75 Å². The van der Waals surface area contributed by atoms with Gasteiger partial charge in [0, 0.05) is 49.4 Å². The Kier molecular flexibility index (Phi) is 6.09. The number of amides is 1. The molecule has 1 fully saturated rings. The van der Waals surface area contributed by atoms with E-state index < -0.39 is 0 Å². The van der Waals surface area contributed by atoms with Gasteiger partial charge in [-0.05, 0) is 62.1 Å². The molecule has 0 aliphatic carbocycles. The molecule has 5 heteroatoms. The fourth-order valence-corrected chi connectivity index (χ4v) is 4.61. The molecule has 2 heterocycles. The molecule has 0 unspecified atom stereocenters. The van der Waals surface area contributed by atoms with Gasteiger partial charge in [0.15, 0.2) is 0 Å². The van der Waals surface area contributed by atoms with Crippen molar-refractivity contribution in [2.45, 2.75) is 39.2 Å². The van der Waals surface area contributed by atoms with Gasteiger partial charge in [-0.3, -0.25) is 4.79 Å². The van der Waals surface area contributed by atoms with Crippen LogP contribution in [0.25, 0.3) is 10.9 Å². The normalized spacial score (nSPS) is 15.4. The zero-order chi connectivity index (χ0) is 21.1. The van der Waals surface area contributed by atoms with E-state index in [-0.39, 0.29) is 5.91 Å². The molecule has 1 aliphatic heterocycles. The molecule has 1 N–H and O–H groups in total. The molecule has 158 valence electrons. The average Bonchev–Trinajstić information content (AvgIpc) is 3.07. The van der Waals surface area contributed by atoms with E-state index in [4.69, 9.17) is 4.74 Å². The lowest BCUT2D eigenvalue weighted by atomic mass is 10.0. The van der Waals surface area contributed by atoms with Gasteiger partial charge < -0.3 is 19.5 Å². The van der Waals surface area contributed by atoms with Gasteiger partial charge in [0.25, 0.3) is 0 Å². The summed E-state index contributed by atoms with van der Waals surface area (Å²) < 4.78 is 7.72. The van der Waals surface area contributed by atoms with E-state index in [1.807, 2.05) is 18.2 Å². The number of carbonyl (C=O) groups excluding carboxylic acids is 1. The summed E-state index contributed by atoms with van der Waals surface area (Å²) in [7, 11) is 1.70. The molecule has 1 aliphatic rings. The third-order valence-electron chi connectivity index (χ3n) is 6.15. The highest BCUT2D eigenvalue weighted by Gasteiger charge is 2.23. The molecule has 5 nitrogen and oxygen atoms in total. The number of anilines is 1. The van der Waals surface area contributed by atoms with Crippen LogP contribution in [0.2, 0.25) is 0 Å². The van der Waals surface area contributed by atoms with Crippen LogP contribution in [0.15, 0.2) is 48.5 Å². The van der Waals surface area contributed by atoms with Crippen LogP contribution in [0.4, 0.5) is 5.69 Å². The monoisotopic (exact) mass is 405 g/mol. The van der Waals surface area contributed by atoms with E-state index in [0.29, 0.717) is 6.04 Å². The minimum absolute atomic E-state index is 0.0330. The summed E-state index contributed by atoms with van der Waals surface area (Å²) in [5.74, 6) is 0.880. The molecule has 0 saturated carbocycles. The van der Waals surface area contributed by atoms with E-state index in [9.17, 15) is 4.79 Å². The fraction of sp³-hybridized carbons (Fsp3) is 0.400. The molecule has 1 amide bonds. The number of nitrogens with one attached hydrogen (secondary N) is 1. The van der Waals surface area contributed by atoms with Crippen molar-refractivity contribution in [3.8, 4) is 5.75 Å². The number of nitrogens with zero attached hydrogens (tertiary/aromatic N) is 2. The fourth-order valence-electron chi connectivity index (χ4n) is 4.61. The van der Waals surface area contributed by atoms with Crippen molar-refractivity contribution in [3.05, 3.63) is 59.8 Å². The van der Waals surface area contributed by atoms with Crippen molar-refractivity contribution in [2.24, 2.45) is 0 Å². The van der Waals surface area contributed by atoms with Crippen LogP contribution >= 0.6 is 0 Å². The number of carbonyl (C=O) groups is 1. The third kappa shape index (κ3) is 4.51. The number of ether oxygens (including phenoxy) is 1. The van der Waals surface area contributed by atoms with Crippen LogP contribution in [-0.4, -0.2) is 42.1 Å². The largest absolute Gasteiger partial charge is 0.497 e. The maximum Gasteiger partial charge on any atom is 0.221 e. The molecular weight excluding hydrogens is 374 g/mol. The van der Waals surface area contributed by atoms with E-state index in [0.717, 1.165) is 50.3 Å². The van der Waals surface area contributed by atoms with Crippen LogP contribution < -0.4 is 10.1 Å². The van der Waals surface area contributed by atoms with Crippen LogP contribution in [0, 0.1) is 6.92 Å². The first kappa shape index (κ1) is 20.5. The van der Waals surface area contributed by atoms with Crippen LogP contribution in [0.3, 0.4) is 0 Å². The first-order valence-electron chi connectivity index (χ1n) is 10.8. The number of hydrogen-bond donors (Lipinski definition) is 1. The van der Waals surface area contributed by atoms with E-state index in [2.05, 4.69) is 52.0 Å². The lowest BCUT2D eigenvalue weighted by Gasteiger charge is -2.34. The van der Waals surface area contributed by atoms with Crippen LogP contribution in [0.5, 0.6) is 5.75 Å². The number of likely N-dealkylation sites (tertiary alicyclic amines) is 1. The molecule has 1 aromatic heterocycles. The first-order valence-corrected chi connectivity index (χ1v) is 10.8. The lowest BCUT2D eigenvalue weighted by molar-refractivity contribution is -0.114. The van der Waals surface area contributed by atoms with E-state index >= 15 is 0 Å². The number of aromatic nitrogens is 1. The van der Waals surface area contributed by atoms with Crippen molar-refractivity contribution < 1.29 is 9.53 Å². The molecule has 3 aromatic rings. The van der Waals surface area contributed by atoms with Gasteiger partial charge in [-0.2, -0.15) is 0 Å². The maximum absolute atomic E-state index is 11.4. The van der Waals surface area contributed by atoms with Crippen molar-refractivity contribution >= 4 is 22.5 Å². The highest BCUT2D eigenvalue weighted by atomic mass is 16.5. The number of aryl methyl sites for hydroxylation is 1. The number of piperidine rings is 1. The second-order valence-corrected chi connectivity index (χ2v) is 8.28. The zero-order valence-electron chi connectivity index (χ0n) is 18.1. The average molecular weight is 406 g/mol. The number of hydrogen-bond acceptors (Lipinski definition) is 3. The minimum atomic E-state index is -0.0330. The standard InChI is InChI=1S/C25H31N3O2/c1-18-16-21-6-7-22(26-19(2)29)17-25(21)28(18)23-11-14-27(15-12-23)13-10-20-4-8-24(30-3)9-5-20/h4-9,16-17,23H,10-15H2,1-3H3,(H,26,29). The number of benzene rings is 2. The molecule has 2 aromatic carbocycles. The van der Waals surface area contributed by atoms with Crippen LogP contribution in [0.1, 0.15) is 37.1 Å². The number of methoxy groups -OCH3 is 1. The smallest absolute Gasteiger partial charge is 0.221 e. The molecule has 4 rings (SSSR count). The lowest BCUT2D eigenvalue weighted by Crippen LogP contribution is -2.36. The highest BCUT2D eigenvalue weighted by Crippen LogP contribution is 2.32. The van der Waals surface area contributed by atoms with Gasteiger partial charge >= 0.3 is 0 Å². The summed E-state index contributed by atoms with van der Waals surface area (Å²) in [4.78, 5) is 14.0. The Balaban J connectivity index is 1.40. The SMILES string of the molecule is COc1ccc(CCN2CCC(n3c(C)cc4ccc(NC(C)=O)cc43)CC2)cc1. The number of fused-ring (bicyclic) bond motifs is 1. The molecule has 0 bridgehead atoms. The Bertz CT molecular complexity index is 1010. The van der Waals surface area contributed by atoms with Crippen molar-refractivity contribution in [1.29, 1.82) is 0 Å². The van der Waals surface area contributed by atoms with Gasteiger partial charge in [-0.1, -0.05) is 18.2 Å². The Labute approximate surface area is 178 Å². The Morgan fingerprint density at radius 1 is 1.10 bits per heavy atom. The van der Waals surface area contributed by atoms with Crippen LogP contribution in [-0.2, 0) is 11.2 Å². The number of rotatable bonds is 6. The predicted molar refractivity (Wildman–Crippen MR) is 122 cm³/mol. The summed E-state index contributed by atoms with van der Waals surface area (Å²) in [5, 5.41) is 4.15. The molecule has 0 radical (unpaired) electrons. The van der Waals surface area contributed by atoms with Gasteiger partial charge in [-0.15, -0.1) is 0 Å². The van der Waals surface area contributed by atoms with Gasteiger partial charge in [0.05, 0.1) is 12.6 Å². The second kappa shape index (κ2) is 8.92. The Morgan fingerprint density at radius 3 is 2.50 bits per heavy atom. The molecule has 30 heavy (non-hydrogen) atoms. The Morgan fingerprint density at radius 2 is 1.83 bits per heavy atom. The predicted octanol–water partition coefficient (Wildman–Crippen LogP) is 4.80.